The van der Waals surface area contributed by atoms with Gasteiger partial charge in [-0.05, 0) is 0 Å². The van der Waals surface area contributed by atoms with Crippen molar-refractivity contribution in [1.82, 2.24) is 39.0 Å². The Labute approximate surface area is 254 Å². The van der Waals surface area contributed by atoms with Crippen molar-refractivity contribution in [2.24, 2.45) is 0 Å². The summed E-state index contributed by atoms with van der Waals surface area (Å²) in [5.74, 6) is -0.506. The summed E-state index contributed by atoms with van der Waals surface area (Å²) in [5.41, 5.74) is 9.53. The van der Waals surface area contributed by atoms with Crippen molar-refractivity contribution in [3.8, 4) is 0 Å². The third-order valence-electron chi connectivity index (χ3n) is 7.50. The van der Waals surface area contributed by atoms with E-state index in [1.54, 1.807) is 0 Å². The summed E-state index contributed by atoms with van der Waals surface area (Å²) in [6.07, 6.45) is -9.97. The number of aliphatic hydroxyl groups is 2. The van der Waals surface area contributed by atoms with Gasteiger partial charge in [-0.1, -0.05) is 0 Å². The standard InChI is InChI=1S/C21H26N10O13P2/c1-45(36)39-2-6-13(11(33)19(41-6)31-5-25-9-15(31)27-21(23)29-17(9)35)44-46(37,38)40-3-7-12(43-45)10(32)18(42-7)30-4-24-8-14(30)26-20(22)28-16(8)34/h4-7,10-13,18-19,32-33H,2-3H2,1H3,(H,37,38)(H3,22,26,28,34)(H3,23,27,29,35)/p-1/t6-,7-,10?,11?,12-,13-,18+,19+,45?/m0/s1. The van der Waals surface area contributed by atoms with E-state index in [4.69, 9.17) is 39.0 Å². The second kappa shape index (κ2) is 11.0. The van der Waals surface area contributed by atoms with E-state index in [2.05, 4.69) is 29.9 Å². The lowest BCUT2D eigenvalue weighted by atomic mass is 10.1. The predicted octanol–water partition coefficient (Wildman–Crippen LogP) is -2.96. The van der Waals surface area contributed by atoms with Crippen molar-refractivity contribution in [1.29, 1.82) is 0 Å². The minimum atomic E-state index is -5.29. The van der Waals surface area contributed by atoms with Crippen LogP contribution in [0.15, 0.2) is 22.2 Å². The number of ether oxygens (including phenoxy) is 2. The van der Waals surface area contributed by atoms with Gasteiger partial charge < -0.3 is 49.6 Å². The van der Waals surface area contributed by atoms with Crippen LogP contribution < -0.4 is 27.5 Å². The van der Waals surface area contributed by atoms with Crippen molar-refractivity contribution >= 4 is 49.6 Å². The van der Waals surface area contributed by atoms with Crippen molar-refractivity contribution in [3.05, 3.63) is 33.4 Å². The minimum absolute atomic E-state index is 0.0704. The number of rotatable bonds is 2. The molecule has 3 aliphatic heterocycles. The molecule has 0 saturated carbocycles. The molecule has 0 aromatic carbocycles. The molecule has 0 amide bonds. The van der Waals surface area contributed by atoms with E-state index in [0.29, 0.717) is 0 Å². The number of nitrogens with two attached hydrogens (primary N) is 2. The number of hydrogen-bond acceptors (Lipinski definition) is 19. The van der Waals surface area contributed by atoms with Gasteiger partial charge in [-0.3, -0.25) is 42.3 Å². The average Bonchev–Trinajstić information content (AvgIpc) is 3.72. The first-order valence-corrected chi connectivity index (χ1v) is 16.8. The quantitative estimate of drug-likeness (QED) is 0.115. The second-order valence-corrected chi connectivity index (χ2v) is 14.0. The molecule has 3 aliphatic rings. The Kier molecular flexibility index (Phi) is 7.41. The molecule has 10 atom stereocenters. The first-order valence-electron chi connectivity index (χ1n) is 13.4. The van der Waals surface area contributed by atoms with Gasteiger partial charge in [0.2, 0.25) is 11.9 Å². The predicted molar refractivity (Wildman–Crippen MR) is 148 cm³/mol. The van der Waals surface area contributed by atoms with Crippen LogP contribution in [0.2, 0.25) is 0 Å². The number of fused-ring (bicyclic) bond motifs is 4. The van der Waals surface area contributed by atoms with Crippen LogP contribution in [0.25, 0.3) is 22.3 Å². The molecule has 3 fully saturated rings. The Morgan fingerprint density at radius 1 is 0.848 bits per heavy atom. The first kappa shape index (κ1) is 31.0. The SMILES string of the molecule is CP1(=O)OC[C@@H]2O[C@@H](n3cnc4c(=O)[nH]c(N)nc43)C(O)[C@H]2OP(=O)([O-])OC[C@@H]2O[C@@H](n3cnc4c(=O)[nH]c(N)nc43)C(O)[C@H]2O1. The maximum absolute atomic E-state index is 13.5. The molecule has 4 unspecified atom stereocenters. The molecule has 248 valence electrons. The lowest BCUT2D eigenvalue weighted by molar-refractivity contribution is -0.236. The summed E-state index contributed by atoms with van der Waals surface area (Å²) in [7, 11) is -9.40. The van der Waals surface area contributed by atoms with E-state index in [9.17, 15) is 33.8 Å². The normalized spacial score (nSPS) is 37.1. The fourth-order valence-corrected chi connectivity index (χ4v) is 7.62. The zero-order valence-electron chi connectivity index (χ0n) is 23.3. The smallest absolute Gasteiger partial charge is 0.328 e. The highest BCUT2D eigenvalue weighted by Crippen LogP contribution is 2.52. The lowest BCUT2D eigenvalue weighted by Crippen LogP contribution is -2.40. The molecule has 25 heteroatoms. The van der Waals surface area contributed by atoms with Crippen LogP contribution in [0.5, 0.6) is 0 Å². The molecule has 4 aromatic heterocycles. The van der Waals surface area contributed by atoms with E-state index in [0.717, 1.165) is 23.9 Å². The van der Waals surface area contributed by atoms with Gasteiger partial charge in [0.1, 0.15) is 36.6 Å². The highest BCUT2D eigenvalue weighted by Gasteiger charge is 2.52. The van der Waals surface area contributed by atoms with Gasteiger partial charge in [-0.2, -0.15) is 9.97 Å². The van der Waals surface area contributed by atoms with Crippen LogP contribution in [0, 0.1) is 0 Å². The molecule has 23 nitrogen and oxygen atoms in total. The van der Waals surface area contributed by atoms with E-state index < -0.39 is 88.8 Å². The molecule has 7 rings (SSSR count). The number of phosphoric ester groups is 1. The fourth-order valence-electron chi connectivity index (χ4n) is 5.49. The van der Waals surface area contributed by atoms with Gasteiger partial charge in [0.05, 0.1) is 25.9 Å². The number of aliphatic hydroxyl groups excluding tert-OH is 2. The van der Waals surface area contributed by atoms with Crippen molar-refractivity contribution in [2.75, 3.05) is 31.3 Å². The Bertz CT molecular complexity index is 1900. The van der Waals surface area contributed by atoms with Gasteiger partial charge in [0.15, 0.2) is 34.8 Å². The molecule has 0 spiro atoms. The van der Waals surface area contributed by atoms with Crippen LogP contribution >= 0.6 is 15.4 Å². The van der Waals surface area contributed by atoms with Crippen molar-refractivity contribution < 1.29 is 51.8 Å². The zero-order chi connectivity index (χ0) is 32.7. The van der Waals surface area contributed by atoms with Gasteiger partial charge in [-0.25, -0.2) is 9.97 Å². The van der Waals surface area contributed by atoms with Crippen LogP contribution in [0.4, 0.5) is 11.9 Å². The number of hydrogen-bond donors (Lipinski definition) is 6. The summed E-state index contributed by atoms with van der Waals surface area (Å²) in [6.45, 7) is -0.382. The molecule has 3 saturated heterocycles. The van der Waals surface area contributed by atoms with Gasteiger partial charge in [0.25, 0.3) is 18.9 Å². The number of H-pyrrole nitrogens is 2. The fraction of sp³-hybridized carbons (Fsp3) is 0.524. The highest BCUT2D eigenvalue weighted by molar-refractivity contribution is 7.53. The molecule has 46 heavy (non-hydrogen) atoms. The molecule has 8 N–H and O–H groups in total. The molecule has 0 radical (unpaired) electrons. The van der Waals surface area contributed by atoms with Crippen LogP contribution in [0.3, 0.4) is 0 Å². The first-order chi connectivity index (χ1) is 21.7. The molecular formula is C21H25N10O13P2-. The summed E-state index contributed by atoms with van der Waals surface area (Å²) in [6, 6.07) is 0. The number of imidazole rings is 2. The number of nitrogen functional groups attached to an aromatic ring is 2. The largest absolute Gasteiger partial charge is 0.756 e. The third kappa shape index (κ3) is 5.34. The maximum Gasteiger partial charge on any atom is 0.328 e. The van der Waals surface area contributed by atoms with E-state index in [1.807, 2.05) is 0 Å². The molecule has 7 heterocycles. The van der Waals surface area contributed by atoms with Crippen molar-refractivity contribution in [3.63, 3.8) is 0 Å². The number of aromatic nitrogens is 8. The zero-order valence-corrected chi connectivity index (χ0v) is 25.1. The molecule has 0 bridgehead atoms. The number of anilines is 2. The summed E-state index contributed by atoms with van der Waals surface area (Å²) in [5, 5.41) is 22.4. The maximum atomic E-state index is 13.5. The van der Waals surface area contributed by atoms with E-state index in [1.165, 1.54) is 4.57 Å². The van der Waals surface area contributed by atoms with E-state index >= 15 is 0 Å². The monoisotopic (exact) mass is 687 g/mol. The average molecular weight is 687 g/mol. The third-order valence-corrected chi connectivity index (χ3v) is 9.71. The number of nitrogens with zero attached hydrogens (tertiary/aromatic N) is 6. The second-order valence-electron chi connectivity index (χ2n) is 10.6. The number of aromatic amines is 2. The topological polar surface area (TPSA) is 332 Å². The lowest BCUT2D eigenvalue weighted by Gasteiger charge is -2.32. The van der Waals surface area contributed by atoms with Gasteiger partial charge in [0, 0.05) is 6.66 Å². The summed E-state index contributed by atoms with van der Waals surface area (Å²) < 4.78 is 62.0. The van der Waals surface area contributed by atoms with Gasteiger partial charge in [-0.15, -0.1) is 0 Å². The van der Waals surface area contributed by atoms with Crippen LogP contribution in [-0.2, 0) is 36.7 Å². The minimum Gasteiger partial charge on any atom is -0.756 e. The van der Waals surface area contributed by atoms with E-state index in [-0.39, 0.29) is 34.2 Å². The Hall–Kier alpha value is -3.60. The Morgan fingerprint density at radius 2 is 1.30 bits per heavy atom. The van der Waals surface area contributed by atoms with Crippen molar-refractivity contribution in [2.45, 2.75) is 49.1 Å². The van der Waals surface area contributed by atoms with Crippen LogP contribution in [-0.4, -0.2) is 106 Å². The highest BCUT2D eigenvalue weighted by atomic mass is 31.2. The number of nitrogens with one attached hydrogen (secondary N) is 2. The summed E-state index contributed by atoms with van der Waals surface area (Å²) in [4.78, 5) is 58.0. The Balaban J connectivity index is 1.18. The molecular weight excluding hydrogens is 662 g/mol. The summed E-state index contributed by atoms with van der Waals surface area (Å²) >= 11 is 0. The Morgan fingerprint density at radius 3 is 1.80 bits per heavy atom. The molecule has 4 aromatic rings. The number of phosphoric acid groups is 1. The van der Waals surface area contributed by atoms with Gasteiger partial charge >= 0.3 is 7.60 Å². The van der Waals surface area contributed by atoms with Crippen LogP contribution in [0.1, 0.15) is 12.5 Å². The molecule has 0 aliphatic carbocycles.